The Morgan fingerprint density at radius 3 is 2.38 bits per heavy atom. The van der Waals surface area contributed by atoms with E-state index in [1.54, 1.807) is 11.1 Å². The summed E-state index contributed by atoms with van der Waals surface area (Å²) in [5.74, 6) is -0.258. The first-order valence-electron chi connectivity index (χ1n) is 8.28. The number of amides is 1. The molecule has 24 heavy (non-hydrogen) atoms. The largest absolute Gasteiger partial charge is 0.444 e. The minimum atomic E-state index is -1.02. The zero-order valence-electron chi connectivity index (χ0n) is 15.3. The monoisotopic (exact) mass is 398 g/mol. The van der Waals surface area contributed by atoms with Gasteiger partial charge in [-0.25, -0.2) is 9.78 Å². The minimum absolute atomic E-state index is 0.129. The summed E-state index contributed by atoms with van der Waals surface area (Å²) in [4.78, 5) is 18.3. The number of ether oxygens (including phenoxy) is 1. The molecule has 0 radical (unpaired) electrons. The zero-order chi connectivity index (χ0) is 18.3. The molecular formula is C18H27BrN2O3. The van der Waals surface area contributed by atoms with Gasteiger partial charge in [0.05, 0.1) is 5.60 Å². The fourth-order valence-electron chi connectivity index (χ4n) is 3.45. The molecule has 1 aliphatic heterocycles. The van der Waals surface area contributed by atoms with Gasteiger partial charge in [0.15, 0.2) is 0 Å². The molecule has 0 saturated carbocycles. The van der Waals surface area contributed by atoms with Crippen molar-refractivity contribution in [1.82, 2.24) is 9.88 Å². The maximum atomic E-state index is 12.4. The predicted octanol–water partition coefficient (Wildman–Crippen LogP) is 3.86. The smallest absolute Gasteiger partial charge is 0.410 e. The molecule has 1 amide bonds. The second-order valence-corrected chi connectivity index (χ2v) is 8.65. The van der Waals surface area contributed by atoms with Crippen molar-refractivity contribution in [2.24, 2.45) is 11.8 Å². The Bertz CT molecular complexity index is 615. The summed E-state index contributed by atoms with van der Waals surface area (Å²) in [5.41, 5.74) is 0.276. The Morgan fingerprint density at radius 1 is 1.38 bits per heavy atom. The number of carbonyl (C=O) groups is 1. The molecule has 0 spiro atoms. The summed E-state index contributed by atoms with van der Waals surface area (Å²) in [5, 5.41) is 11.4. The topological polar surface area (TPSA) is 62.7 Å². The molecule has 1 unspecified atom stereocenters. The van der Waals surface area contributed by atoms with Crippen LogP contribution in [0.5, 0.6) is 0 Å². The van der Waals surface area contributed by atoms with Crippen molar-refractivity contribution < 1.29 is 14.6 Å². The SMILES string of the molecule is Cc1cc(Br)ncc1C1(O)[C@H](C)CN(C(=O)OC(C)(C)C)C[C@@H]1C. The van der Waals surface area contributed by atoms with Gasteiger partial charge in [-0.3, -0.25) is 0 Å². The van der Waals surface area contributed by atoms with Crippen LogP contribution in [0.3, 0.4) is 0 Å². The van der Waals surface area contributed by atoms with Crippen LogP contribution < -0.4 is 0 Å². The van der Waals surface area contributed by atoms with Crippen molar-refractivity contribution >= 4 is 22.0 Å². The van der Waals surface area contributed by atoms with Crippen LogP contribution in [0.4, 0.5) is 4.79 Å². The van der Waals surface area contributed by atoms with E-state index in [0.717, 1.165) is 15.7 Å². The minimum Gasteiger partial charge on any atom is -0.444 e. The first kappa shape index (κ1) is 19.2. The van der Waals surface area contributed by atoms with Gasteiger partial charge in [-0.2, -0.15) is 0 Å². The van der Waals surface area contributed by atoms with Gasteiger partial charge >= 0.3 is 6.09 Å². The molecule has 6 heteroatoms. The molecule has 134 valence electrons. The molecule has 2 rings (SSSR count). The van der Waals surface area contributed by atoms with Crippen LogP contribution in [-0.2, 0) is 10.3 Å². The molecule has 1 fully saturated rings. The number of nitrogens with zero attached hydrogens (tertiary/aromatic N) is 2. The van der Waals surface area contributed by atoms with E-state index >= 15 is 0 Å². The maximum absolute atomic E-state index is 12.4. The summed E-state index contributed by atoms with van der Waals surface area (Å²) in [6.45, 7) is 12.4. The Morgan fingerprint density at radius 2 is 1.92 bits per heavy atom. The quantitative estimate of drug-likeness (QED) is 0.729. The van der Waals surface area contributed by atoms with Crippen LogP contribution in [0, 0.1) is 18.8 Å². The van der Waals surface area contributed by atoms with E-state index in [1.165, 1.54) is 0 Å². The van der Waals surface area contributed by atoms with E-state index in [9.17, 15) is 9.90 Å². The van der Waals surface area contributed by atoms with Crippen molar-refractivity contribution in [3.63, 3.8) is 0 Å². The Labute approximate surface area is 152 Å². The van der Waals surface area contributed by atoms with Crippen molar-refractivity contribution in [2.75, 3.05) is 13.1 Å². The molecule has 0 aromatic carbocycles. The van der Waals surface area contributed by atoms with E-state index in [0.29, 0.717) is 13.1 Å². The summed E-state index contributed by atoms with van der Waals surface area (Å²) in [6, 6.07) is 1.91. The van der Waals surface area contributed by atoms with E-state index in [4.69, 9.17) is 4.74 Å². The summed E-state index contributed by atoms with van der Waals surface area (Å²) >= 11 is 3.36. The lowest BCUT2D eigenvalue weighted by Crippen LogP contribution is -2.56. The molecule has 3 atom stereocenters. The van der Waals surface area contributed by atoms with Crippen LogP contribution in [0.1, 0.15) is 45.7 Å². The summed E-state index contributed by atoms with van der Waals surface area (Å²) < 4.78 is 6.22. The van der Waals surface area contributed by atoms with Gasteiger partial charge in [0.1, 0.15) is 10.2 Å². The van der Waals surface area contributed by atoms with Crippen LogP contribution >= 0.6 is 15.9 Å². The van der Waals surface area contributed by atoms with E-state index in [2.05, 4.69) is 20.9 Å². The highest BCUT2D eigenvalue weighted by Gasteiger charge is 2.48. The van der Waals surface area contributed by atoms with E-state index < -0.39 is 11.2 Å². The van der Waals surface area contributed by atoms with Crippen molar-refractivity contribution in [1.29, 1.82) is 0 Å². The molecule has 1 aromatic rings. The fraction of sp³-hybridized carbons (Fsp3) is 0.667. The lowest BCUT2D eigenvalue weighted by atomic mass is 9.70. The van der Waals surface area contributed by atoms with Gasteiger partial charge in [0, 0.05) is 36.7 Å². The number of hydrogen-bond acceptors (Lipinski definition) is 4. The molecule has 1 aliphatic rings. The second kappa shape index (κ2) is 6.64. The average molecular weight is 399 g/mol. The number of rotatable bonds is 1. The molecular weight excluding hydrogens is 372 g/mol. The second-order valence-electron chi connectivity index (χ2n) is 7.83. The number of aromatic nitrogens is 1. The molecule has 0 bridgehead atoms. The predicted molar refractivity (Wildman–Crippen MR) is 96.7 cm³/mol. The molecule has 1 aromatic heterocycles. The normalized spacial score (nSPS) is 27.9. The number of likely N-dealkylation sites (tertiary alicyclic amines) is 1. The number of piperidine rings is 1. The van der Waals surface area contributed by atoms with Gasteiger partial charge in [0.25, 0.3) is 0 Å². The Kier molecular flexibility index (Phi) is 5.31. The van der Waals surface area contributed by atoms with Crippen molar-refractivity contribution in [2.45, 2.75) is 52.7 Å². The summed E-state index contributed by atoms with van der Waals surface area (Å²) in [7, 11) is 0. The van der Waals surface area contributed by atoms with Gasteiger partial charge in [-0.1, -0.05) is 13.8 Å². The van der Waals surface area contributed by atoms with Crippen LogP contribution in [0.25, 0.3) is 0 Å². The zero-order valence-corrected chi connectivity index (χ0v) is 16.8. The Hall–Kier alpha value is -1.14. The molecule has 5 nitrogen and oxygen atoms in total. The standard InChI is InChI=1S/C18H27BrN2O3/c1-11-7-15(19)20-8-14(11)18(23)12(2)9-21(10-13(18)3)16(22)24-17(4,5)6/h7-8,12-13,23H,9-10H2,1-6H3/t12-,13+,18?. The maximum Gasteiger partial charge on any atom is 0.410 e. The van der Waals surface area contributed by atoms with Gasteiger partial charge < -0.3 is 14.7 Å². The fourth-order valence-corrected chi connectivity index (χ4v) is 3.89. The highest BCUT2D eigenvalue weighted by Crippen LogP contribution is 2.42. The van der Waals surface area contributed by atoms with E-state index in [-0.39, 0.29) is 17.9 Å². The number of aliphatic hydroxyl groups is 1. The third kappa shape index (κ3) is 3.75. The van der Waals surface area contributed by atoms with Gasteiger partial charge in [-0.15, -0.1) is 0 Å². The van der Waals surface area contributed by atoms with Gasteiger partial charge in [0.2, 0.25) is 0 Å². The third-order valence-electron chi connectivity index (χ3n) is 4.65. The number of carbonyl (C=O) groups excluding carboxylic acids is 1. The van der Waals surface area contributed by atoms with Crippen molar-refractivity contribution in [3.8, 4) is 0 Å². The number of aryl methyl sites for hydroxylation is 1. The molecule has 1 N–H and O–H groups in total. The van der Waals surface area contributed by atoms with E-state index in [1.807, 2.05) is 47.6 Å². The molecule has 0 aliphatic carbocycles. The summed E-state index contributed by atoms with van der Waals surface area (Å²) in [6.07, 6.45) is 1.41. The van der Waals surface area contributed by atoms with Crippen LogP contribution in [0.15, 0.2) is 16.9 Å². The Balaban J connectivity index is 2.26. The average Bonchev–Trinajstić information content (AvgIpc) is 2.42. The van der Waals surface area contributed by atoms with Crippen LogP contribution in [0.2, 0.25) is 0 Å². The lowest BCUT2D eigenvalue weighted by molar-refractivity contribution is -0.112. The lowest BCUT2D eigenvalue weighted by Gasteiger charge is -2.48. The van der Waals surface area contributed by atoms with Crippen LogP contribution in [-0.4, -0.2) is 39.8 Å². The van der Waals surface area contributed by atoms with Gasteiger partial charge in [-0.05, 0) is 55.3 Å². The molecule has 2 heterocycles. The number of pyridine rings is 1. The molecule has 1 saturated heterocycles. The number of halogens is 1. The third-order valence-corrected chi connectivity index (χ3v) is 5.09. The first-order valence-corrected chi connectivity index (χ1v) is 9.07. The highest BCUT2D eigenvalue weighted by atomic mass is 79.9. The first-order chi connectivity index (χ1) is 10.9. The van der Waals surface area contributed by atoms with Crippen molar-refractivity contribution in [3.05, 3.63) is 28.0 Å². The number of hydrogen-bond donors (Lipinski definition) is 1. The highest BCUT2D eigenvalue weighted by molar-refractivity contribution is 9.10.